The molecule has 0 aliphatic heterocycles. The van der Waals surface area contributed by atoms with Gasteiger partial charge in [0.2, 0.25) is 0 Å². The van der Waals surface area contributed by atoms with E-state index >= 15 is 0 Å². The lowest BCUT2D eigenvalue weighted by Gasteiger charge is -2.14. The smallest absolute Gasteiger partial charge is 0.0573 e. The predicted octanol–water partition coefficient (Wildman–Crippen LogP) is 2.45. The van der Waals surface area contributed by atoms with Crippen LogP contribution >= 0.6 is 22.6 Å². The second-order valence-corrected chi connectivity index (χ2v) is 4.49. The molecule has 0 saturated carbocycles. The van der Waals surface area contributed by atoms with Crippen LogP contribution in [0, 0.1) is 10.5 Å². The van der Waals surface area contributed by atoms with E-state index in [1.54, 1.807) is 0 Å². The largest absolute Gasteiger partial charge is 0.301 e. The summed E-state index contributed by atoms with van der Waals surface area (Å²) in [7, 11) is 2.11. The SMILES string of the molecule is CCN(C)Cc1ncc(I)cc1C. The third-order valence-corrected chi connectivity index (χ3v) is 2.70. The molecule has 0 aliphatic rings. The molecule has 72 valence electrons. The summed E-state index contributed by atoms with van der Waals surface area (Å²) in [6.45, 7) is 6.28. The van der Waals surface area contributed by atoms with Crippen molar-refractivity contribution in [3.63, 3.8) is 0 Å². The molecule has 1 aromatic heterocycles. The molecule has 1 rings (SSSR count). The van der Waals surface area contributed by atoms with Gasteiger partial charge in [-0.2, -0.15) is 0 Å². The second kappa shape index (κ2) is 4.91. The van der Waals surface area contributed by atoms with Crippen molar-refractivity contribution in [2.45, 2.75) is 20.4 Å². The summed E-state index contributed by atoms with van der Waals surface area (Å²) in [6.07, 6.45) is 1.92. The van der Waals surface area contributed by atoms with Crippen molar-refractivity contribution in [1.29, 1.82) is 0 Å². The molecule has 0 fully saturated rings. The van der Waals surface area contributed by atoms with Gasteiger partial charge in [-0.1, -0.05) is 6.92 Å². The fourth-order valence-corrected chi connectivity index (χ4v) is 1.71. The zero-order valence-electron chi connectivity index (χ0n) is 8.34. The van der Waals surface area contributed by atoms with E-state index in [4.69, 9.17) is 0 Å². The Kier molecular flexibility index (Phi) is 4.12. The van der Waals surface area contributed by atoms with Gasteiger partial charge < -0.3 is 4.90 Å². The van der Waals surface area contributed by atoms with Gasteiger partial charge in [0.1, 0.15) is 0 Å². The van der Waals surface area contributed by atoms with E-state index in [0.717, 1.165) is 13.1 Å². The molecule has 0 aliphatic carbocycles. The fourth-order valence-electron chi connectivity index (χ4n) is 1.10. The quantitative estimate of drug-likeness (QED) is 0.795. The van der Waals surface area contributed by atoms with Crippen LogP contribution in [0.25, 0.3) is 0 Å². The first-order valence-corrected chi connectivity index (χ1v) is 5.51. The molecular weight excluding hydrogens is 275 g/mol. The lowest BCUT2D eigenvalue weighted by atomic mass is 10.2. The first kappa shape index (κ1) is 10.9. The van der Waals surface area contributed by atoms with E-state index in [0.29, 0.717) is 0 Å². The Morgan fingerprint density at radius 2 is 2.23 bits per heavy atom. The van der Waals surface area contributed by atoms with E-state index in [9.17, 15) is 0 Å². The summed E-state index contributed by atoms with van der Waals surface area (Å²) in [5.74, 6) is 0. The number of rotatable bonds is 3. The third kappa shape index (κ3) is 3.23. The number of hydrogen-bond donors (Lipinski definition) is 0. The van der Waals surface area contributed by atoms with Crippen molar-refractivity contribution in [3.05, 3.63) is 27.1 Å². The van der Waals surface area contributed by atoms with Crippen LogP contribution in [0.3, 0.4) is 0 Å². The van der Waals surface area contributed by atoms with Crippen LogP contribution in [0.15, 0.2) is 12.3 Å². The molecular formula is C10H15IN2. The number of hydrogen-bond acceptors (Lipinski definition) is 2. The van der Waals surface area contributed by atoms with E-state index in [2.05, 4.69) is 59.4 Å². The number of nitrogens with zero attached hydrogens (tertiary/aromatic N) is 2. The number of aryl methyl sites for hydroxylation is 1. The van der Waals surface area contributed by atoms with Gasteiger partial charge in [-0.05, 0) is 54.7 Å². The Labute approximate surface area is 93.5 Å². The second-order valence-electron chi connectivity index (χ2n) is 3.25. The van der Waals surface area contributed by atoms with Crippen LogP contribution < -0.4 is 0 Å². The molecule has 13 heavy (non-hydrogen) atoms. The highest BCUT2D eigenvalue weighted by Gasteiger charge is 2.02. The Hall–Kier alpha value is -0.160. The van der Waals surface area contributed by atoms with Gasteiger partial charge in [-0.15, -0.1) is 0 Å². The first-order valence-electron chi connectivity index (χ1n) is 4.43. The summed E-state index contributed by atoms with van der Waals surface area (Å²) < 4.78 is 1.21. The summed E-state index contributed by atoms with van der Waals surface area (Å²) in [5, 5.41) is 0. The van der Waals surface area contributed by atoms with Crippen LogP contribution in [0.4, 0.5) is 0 Å². The summed E-state index contributed by atoms with van der Waals surface area (Å²) in [5.41, 5.74) is 2.47. The fraction of sp³-hybridized carbons (Fsp3) is 0.500. The molecule has 0 saturated heterocycles. The van der Waals surface area contributed by atoms with Gasteiger partial charge in [-0.3, -0.25) is 4.98 Å². The monoisotopic (exact) mass is 290 g/mol. The van der Waals surface area contributed by atoms with Crippen molar-refractivity contribution in [2.75, 3.05) is 13.6 Å². The summed E-state index contributed by atoms with van der Waals surface area (Å²) in [6, 6.07) is 2.17. The van der Waals surface area contributed by atoms with Crippen molar-refractivity contribution >= 4 is 22.6 Å². The Morgan fingerprint density at radius 1 is 1.54 bits per heavy atom. The molecule has 3 heteroatoms. The molecule has 1 heterocycles. The topological polar surface area (TPSA) is 16.1 Å². The van der Waals surface area contributed by atoms with Crippen LogP contribution in [0.1, 0.15) is 18.2 Å². The van der Waals surface area contributed by atoms with Crippen LogP contribution in [0.2, 0.25) is 0 Å². The van der Waals surface area contributed by atoms with Gasteiger partial charge in [-0.25, -0.2) is 0 Å². The predicted molar refractivity (Wildman–Crippen MR) is 63.7 cm³/mol. The Balaban J connectivity index is 2.77. The first-order chi connectivity index (χ1) is 6.13. The maximum absolute atomic E-state index is 4.42. The van der Waals surface area contributed by atoms with E-state index in [1.807, 2.05) is 6.20 Å². The molecule has 0 N–H and O–H groups in total. The third-order valence-electron chi connectivity index (χ3n) is 2.11. The molecule has 0 bridgehead atoms. The minimum atomic E-state index is 0.944. The van der Waals surface area contributed by atoms with Gasteiger partial charge in [0.05, 0.1) is 5.69 Å². The molecule has 0 spiro atoms. The minimum absolute atomic E-state index is 0.944. The van der Waals surface area contributed by atoms with Gasteiger partial charge >= 0.3 is 0 Å². The van der Waals surface area contributed by atoms with Gasteiger partial charge in [0.25, 0.3) is 0 Å². The Morgan fingerprint density at radius 3 is 2.77 bits per heavy atom. The lowest BCUT2D eigenvalue weighted by molar-refractivity contribution is 0.340. The maximum atomic E-state index is 4.42. The molecule has 2 nitrogen and oxygen atoms in total. The zero-order chi connectivity index (χ0) is 9.84. The minimum Gasteiger partial charge on any atom is -0.301 e. The zero-order valence-corrected chi connectivity index (χ0v) is 10.5. The van der Waals surface area contributed by atoms with Crippen molar-refractivity contribution < 1.29 is 0 Å². The molecule has 0 unspecified atom stereocenters. The normalized spacial score (nSPS) is 10.8. The molecule has 0 amide bonds. The summed E-state index contributed by atoms with van der Waals surface area (Å²) in [4.78, 5) is 6.67. The molecule has 0 radical (unpaired) electrons. The average molecular weight is 290 g/mol. The molecule has 0 atom stereocenters. The highest BCUT2D eigenvalue weighted by atomic mass is 127. The number of halogens is 1. The Bertz CT molecular complexity index is 286. The number of aromatic nitrogens is 1. The van der Waals surface area contributed by atoms with E-state index < -0.39 is 0 Å². The van der Waals surface area contributed by atoms with Crippen LogP contribution in [-0.4, -0.2) is 23.5 Å². The van der Waals surface area contributed by atoms with E-state index in [1.165, 1.54) is 14.8 Å². The maximum Gasteiger partial charge on any atom is 0.0573 e. The van der Waals surface area contributed by atoms with Crippen molar-refractivity contribution in [2.24, 2.45) is 0 Å². The van der Waals surface area contributed by atoms with Crippen molar-refractivity contribution in [3.8, 4) is 0 Å². The number of pyridine rings is 1. The standard InChI is InChI=1S/C10H15IN2/c1-4-13(3)7-10-8(2)5-9(11)6-12-10/h5-6H,4,7H2,1-3H3. The van der Waals surface area contributed by atoms with Crippen molar-refractivity contribution in [1.82, 2.24) is 9.88 Å². The average Bonchev–Trinajstić information content (AvgIpc) is 2.09. The van der Waals surface area contributed by atoms with Gasteiger partial charge in [0.15, 0.2) is 0 Å². The molecule has 1 aromatic rings. The highest BCUT2D eigenvalue weighted by molar-refractivity contribution is 14.1. The summed E-state index contributed by atoms with van der Waals surface area (Å²) >= 11 is 2.29. The highest BCUT2D eigenvalue weighted by Crippen LogP contribution is 2.10. The van der Waals surface area contributed by atoms with E-state index in [-0.39, 0.29) is 0 Å². The molecule has 0 aromatic carbocycles. The lowest BCUT2D eigenvalue weighted by Crippen LogP contribution is -2.18. The van der Waals surface area contributed by atoms with Gasteiger partial charge in [0, 0.05) is 16.3 Å². The van der Waals surface area contributed by atoms with Crippen LogP contribution in [0.5, 0.6) is 0 Å². The van der Waals surface area contributed by atoms with Crippen LogP contribution in [-0.2, 0) is 6.54 Å².